The minimum atomic E-state index is -4.26. The SMILES string of the molecule is CCOC(=O)COc1c(F)cc(S(=O)(=O)Cl)cc1F.CCOC(=O)COc1c(F)cccc1F. The lowest BCUT2D eigenvalue weighted by molar-refractivity contribution is -0.146. The van der Waals surface area contributed by atoms with E-state index in [0.717, 1.165) is 12.1 Å². The molecule has 14 heteroatoms. The Balaban J connectivity index is 0.000000350. The molecular weight excluding hydrogens is 512 g/mol. The van der Waals surface area contributed by atoms with Crippen molar-refractivity contribution in [1.29, 1.82) is 0 Å². The molecule has 0 radical (unpaired) electrons. The lowest BCUT2D eigenvalue weighted by atomic mass is 10.3. The van der Waals surface area contributed by atoms with Gasteiger partial charge in [0.2, 0.25) is 0 Å². The summed E-state index contributed by atoms with van der Waals surface area (Å²) in [6.07, 6.45) is 0. The van der Waals surface area contributed by atoms with Gasteiger partial charge in [0.15, 0.2) is 48.0 Å². The molecular formula is C20H19ClF4O8S. The maximum atomic E-state index is 13.4. The smallest absolute Gasteiger partial charge is 0.344 e. The predicted molar refractivity (Wildman–Crippen MR) is 110 cm³/mol. The Hall–Kier alpha value is -3.06. The number of carbonyl (C=O) groups excluding carboxylic acids is 2. The van der Waals surface area contributed by atoms with Gasteiger partial charge in [-0.15, -0.1) is 0 Å². The molecule has 0 saturated carbocycles. The van der Waals surface area contributed by atoms with Crippen molar-refractivity contribution in [2.75, 3.05) is 26.4 Å². The van der Waals surface area contributed by atoms with Gasteiger partial charge in [0.25, 0.3) is 9.05 Å². The zero-order chi connectivity index (χ0) is 25.9. The summed E-state index contributed by atoms with van der Waals surface area (Å²) >= 11 is 0. The van der Waals surface area contributed by atoms with Crippen LogP contribution in [0.4, 0.5) is 17.6 Å². The second-order valence-corrected chi connectivity index (χ2v) is 8.46. The van der Waals surface area contributed by atoms with Crippen molar-refractivity contribution in [2.45, 2.75) is 18.7 Å². The minimum Gasteiger partial charge on any atom is -0.476 e. The minimum absolute atomic E-state index is 0.0938. The van der Waals surface area contributed by atoms with Gasteiger partial charge in [0, 0.05) is 10.7 Å². The van der Waals surface area contributed by atoms with Crippen molar-refractivity contribution in [3.05, 3.63) is 53.6 Å². The number of ether oxygens (including phenoxy) is 4. The summed E-state index contributed by atoms with van der Waals surface area (Å²) in [6.45, 7) is 2.26. The molecule has 0 unspecified atom stereocenters. The van der Waals surface area contributed by atoms with Crippen molar-refractivity contribution >= 4 is 31.7 Å². The first-order valence-electron chi connectivity index (χ1n) is 9.35. The average molecular weight is 531 g/mol. The Morgan fingerprint density at radius 2 is 1.18 bits per heavy atom. The third-order valence-corrected chi connectivity index (χ3v) is 4.78. The van der Waals surface area contributed by atoms with E-state index >= 15 is 0 Å². The van der Waals surface area contributed by atoms with E-state index in [1.807, 2.05) is 0 Å². The van der Waals surface area contributed by atoms with Crippen LogP contribution in [0.3, 0.4) is 0 Å². The topological polar surface area (TPSA) is 105 Å². The Morgan fingerprint density at radius 3 is 1.53 bits per heavy atom. The molecule has 0 bridgehead atoms. The van der Waals surface area contributed by atoms with E-state index in [-0.39, 0.29) is 13.2 Å². The highest BCUT2D eigenvalue weighted by atomic mass is 35.7. The van der Waals surface area contributed by atoms with Crippen LogP contribution in [-0.2, 0) is 28.1 Å². The molecule has 0 saturated heterocycles. The first-order chi connectivity index (χ1) is 15.9. The van der Waals surface area contributed by atoms with Gasteiger partial charge in [-0.25, -0.2) is 35.6 Å². The van der Waals surface area contributed by atoms with Gasteiger partial charge in [-0.2, -0.15) is 0 Å². The Bertz CT molecular complexity index is 1070. The molecule has 0 atom stereocenters. The molecule has 0 spiro atoms. The van der Waals surface area contributed by atoms with Crippen LogP contribution in [0.25, 0.3) is 0 Å². The van der Waals surface area contributed by atoms with E-state index in [4.69, 9.17) is 10.7 Å². The van der Waals surface area contributed by atoms with Gasteiger partial charge in [-0.1, -0.05) is 6.07 Å². The molecule has 0 aliphatic carbocycles. The van der Waals surface area contributed by atoms with Gasteiger partial charge < -0.3 is 18.9 Å². The number of halogens is 5. The van der Waals surface area contributed by atoms with Gasteiger partial charge in [-0.3, -0.25) is 0 Å². The average Bonchev–Trinajstić information content (AvgIpc) is 2.73. The van der Waals surface area contributed by atoms with Crippen molar-refractivity contribution in [1.82, 2.24) is 0 Å². The zero-order valence-corrected chi connectivity index (χ0v) is 19.4. The fourth-order valence-corrected chi connectivity index (χ4v) is 2.86. The molecule has 2 rings (SSSR count). The Labute approximate surface area is 196 Å². The fraction of sp³-hybridized carbons (Fsp3) is 0.300. The number of carbonyl (C=O) groups is 2. The summed E-state index contributed by atoms with van der Waals surface area (Å²) in [7, 11) is 0.688. The fourth-order valence-electron chi connectivity index (χ4n) is 2.10. The quantitative estimate of drug-likeness (QED) is 0.274. The number of hydrogen-bond acceptors (Lipinski definition) is 8. The molecule has 0 amide bonds. The van der Waals surface area contributed by atoms with E-state index in [2.05, 4.69) is 18.9 Å². The normalized spacial score (nSPS) is 10.6. The maximum Gasteiger partial charge on any atom is 0.344 e. The summed E-state index contributed by atoms with van der Waals surface area (Å²) < 4.78 is 92.9. The van der Waals surface area contributed by atoms with Crippen LogP contribution in [0.15, 0.2) is 35.2 Å². The third kappa shape index (κ3) is 9.43. The lowest BCUT2D eigenvalue weighted by Gasteiger charge is -2.08. The van der Waals surface area contributed by atoms with Crippen molar-refractivity contribution in [3.8, 4) is 11.5 Å². The number of esters is 2. The van der Waals surface area contributed by atoms with E-state index in [9.17, 15) is 35.6 Å². The molecule has 34 heavy (non-hydrogen) atoms. The van der Waals surface area contributed by atoms with Gasteiger partial charge in [0.05, 0.1) is 18.1 Å². The van der Waals surface area contributed by atoms with Crippen LogP contribution >= 0.6 is 10.7 Å². The maximum absolute atomic E-state index is 13.4. The number of benzene rings is 2. The standard InChI is InChI=1S/C10H9ClF2O5S.C10H10F2O3/c1-2-17-9(14)5-18-10-7(12)3-6(4-8(10)13)19(11,15)16;1-2-14-9(13)6-15-10-7(11)4-3-5-8(10)12/h3-4H,2,5H2,1H3;3-5H,2,6H2,1H3. The van der Waals surface area contributed by atoms with Gasteiger partial charge in [-0.05, 0) is 38.1 Å². The molecule has 8 nitrogen and oxygen atoms in total. The van der Waals surface area contributed by atoms with Gasteiger partial charge in [0.1, 0.15) is 0 Å². The number of hydrogen-bond donors (Lipinski definition) is 0. The van der Waals surface area contributed by atoms with Crippen LogP contribution in [0.1, 0.15) is 13.8 Å². The largest absolute Gasteiger partial charge is 0.476 e. The lowest BCUT2D eigenvalue weighted by Crippen LogP contribution is -2.16. The Morgan fingerprint density at radius 1 is 0.794 bits per heavy atom. The monoisotopic (exact) mass is 530 g/mol. The summed E-state index contributed by atoms with van der Waals surface area (Å²) in [6, 6.07) is 4.28. The third-order valence-electron chi connectivity index (χ3n) is 3.45. The van der Waals surface area contributed by atoms with Crippen LogP contribution in [-0.4, -0.2) is 46.8 Å². The first kappa shape index (κ1) is 29.0. The van der Waals surface area contributed by atoms with Crippen molar-refractivity contribution in [2.24, 2.45) is 0 Å². The molecule has 2 aromatic rings. The zero-order valence-electron chi connectivity index (χ0n) is 17.8. The Kier molecular flexibility index (Phi) is 11.6. The van der Waals surface area contributed by atoms with E-state index in [1.54, 1.807) is 13.8 Å². The van der Waals surface area contributed by atoms with Crippen molar-refractivity contribution in [3.63, 3.8) is 0 Å². The highest BCUT2D eigenvalue weighted by molar-refractivity contribution is 8.13. The molecule has 0 aliphatic heterocycles. The second-order valence-electron chi connectivity index (χ2n) is 5.89. The van der Waals surface area contributed by atoms with Crippen LogP contribution < -0.4 is 9.47 Å². The highest BCUT2D eigenvalue weighted by Crippen LogP contribution is 2.27. The second kappa shape index (κ2) is 13.6. The summed E-state index contributed by atoms with van der Waals surface area (Å²) in [5, 5.41) is 0. The highest BCUT2D eigenvalue weighted by Gasteiger charge is 2.20. The summed E-state index contributed by atoms with van der Waals surface area (Å²) in [5.74, 6) is -7.19. The molecule has 0 heterocycles. The van der Waals surface area contributed by atoms with E-state index in [0.29, 0.717) is 12.1 Å². The van der Waals surface area contributed by atoms with Crippen LogP contribution in [0.5, 0.6) is 11.5 Å². The van der Waals surface area contributed by atoms with Crippen LogP contribution in [0, 0.1) is 23.3 Å². The predicted octanol–water partition coefficient (Wildman–Crippen LogP) is 3.74. The molecule has 2 aromatic carbocycles. The number of para-hydroxylation sites is 1. The molecule has 188 valence electrons. The van der Waals surface area contributed by atoms with E-state index < -0.39 is 73.9 Å². The van der Waals surface area contributed by atoms with Crippen LogP contribution in [0.2, 0.25) is 0 Å². The number of rotatable bonds is 9. The molecule has 0 aromatic heterocycles. The molecule has 0 fully saturated rings. The van der Waals surface area contributed by atoms with Crippen molar-refractivity contribution < 1.29 is 54.5 Å². The summed E-state index contributed by atoms with van der Waals surface area (Å²) in [4.78, 5) is 21.1. The summed E-state index contributed by atoms with van der Waals surface area (Å²) in [5.41, 5.74) is 0. The first-order valence-corrected chi connectivity index (χ1v) is 11.7. The molecule has 0 N–H and O–H groups in total. The van der Waals surface area contributed by atoms with E-state index in [1.165, 1.54) is 6.07 Å². The molecule has 0 aliphatic rings. The van der Waals surface area contributed by atoms with Gasteiger partial charge >= 0.3 is 11.9 Å².